The molecule has 0 saturated carbocycles. The standard InChI is InChI=1S/C15H14BrClN2OS/c1-2-7-19(9-11-4-6-14(17)21-11)15(20)12-8-10(18)3-5-13(12)16/h2-6,8H,1,7,9,18H2. The Kier molecular flexibility index (Phi) is 5.45. The first-order chi connectivity index (χ1) is 10.0. The molecule has 1 aromatic heterocycles. The Morgan fingerprint density at radius 2 is 2.19 bits per heavy atom. The van der Waals surface area contributed by atoms with Crippen LogP contribution in [0, 0.1) is 0 Å². The van der Waals surface area contributed by atoms with Gasteiger partial charge in [0.1, 0.15) is 0 Å². The highest BCUT2D eigenvalue weighted by molar-refractivity contribution is 9.10. The average molecular weight is 386 g/mol. The van der Waals surface area contributed by atoms with Crippen molar-refractivity contribution in [3.05, 3.63) is 62.2 Å². The molecule has 0 saturated heterocycles. The molecule has 0 fully saturated rings. The van der Waals surface area contributed by atoms with E-state index < -0.39 is 0 Å². The second-order valence-electron chi connectivity index (χ2n) is 4.42. The normalized spacial score (nSPS) is 10.4. The molecule has 6 heteroatoms. The lowest BCUT2D eigenvalue weighted by Gasteiger charge is -2.21. The highest BCUT2D eigenvalue weighted by atomic mass is 79.9. The lowest BCUT2D eigenvalue weighted by Crippen LogP contribution is -2.30. The average Bonchev–Trinajstić information content (AvgIpc) is 2.86. The third-order valence-electron chi connectivity index (χ3n) is 2.83. The van der Waals surface area contributed by atoms with Crippen LogP contribution in [0.3, 0.4) is 0 Å². The van der Waals surface area contributed by atoms with Gasteiger partial charge in [0.25, 0.3) is 5.91 Å². The zero-order valence-electron chi connectivity index (χ0n) is 11.2. The van der Waals surface area contributed by atoms with Crippen molar-refractivity contribution in [3.8, 4) is 0 Å². The molecule has 0 aliphatic heterocycles. The molecule has 3 nitrogen and oxygen atoms in total. The van der Waals surface area contributed by atoms with E-state index in [4.69, 9.17) is 17.3 Å². The molecule has 1 aromatic carbocycles. The zero-order chi connectivity index (χ0) is 15.4. The van der Waals surface area contributed by atoms with E-state index in [9.17, 15) is 4.79 Å². The van der Waals surface area contributed by atoms with Crippen LogP contribution in [0.4, 0.5) is 5.69 Å². The van der Waals surface area contributed by atoms with Gasteiger partial charge in [0, 0.05) is 21.6 Å². The number of carbonyl (C=O) groups excluding carboxylic acids is 1. The van der Waals surface area contributed by atoms with Crippen molar-refractivity contribution in [1.82, 2.24) is 4.90 Å². The van der Waals surface area contributed by atoms with Crippen LogP contribution in [0.15, 0.2) is 47.5 Å². The van der Waals surface area contributed by atoms with Gasteiger partial charge in [0.05, 0.1) is 16.4 Å². The van der Waals surface area contributed by atoms with Crippen molar-refractivity contribution in [2.45, 2.75) is 6.54 Å². The summed E-state index contributed by atoms with van der Waals surface area (Å²) >= 11 is 10.8. The predicted octanol–water partition coefficient (Wildman–Crippen LogP) is 4.57. The molecule has 21 heavy (non-hydrogen) atoms. The zero-order valence-corrected chi connectivity index (χ0v) is 14.3. The molecule has 0 aliphatic rings. The third kappa shape index (κ3) is 4.09. The summed E-state index contributed by atoms with van der Waals surface area (Å²) in [5, 5.41) is 0. The number of amides is 1. The van der Waals surface area contributed by atoms with Gasteiger partial charge in [-0.15, -0.1) is 17.9 Å². The Bertz CT molecular complexity index is 671. The number of halogens is 2. The van der Waals surface area contributed by atoms with Crippen LogP contribution in [0.5, 0.6) is 0 Å². The van der Waals surface area contributed by atoms with Gasteiger partial charge in [-0.25, -0.2) is 0 Å². The van der Waals surface area contributed by atoms with Crippen LogP contribution in [0.2, 0.25) is 4.34 Å². The number of thiophene rings is 1. The summed E-state index contributed by atoms with van der Waals surface area (Å²) in [7, 11) is 0. The van der Waals surface area contributed by atoms with Gasteiger partial charge in [-0.3, -0.25) is 4.79 Å². The minimum atomic E-state index is -0.0985. The summed E-state index contributed by atoms with van der Waals surface area (Å²) < 4.78 is 1.43. The molecule has 1 heterocycles. The molecule has 1 amide bonds. The van der Waals surface area contributed by atoms with Crippen molar-refractivity contribution < 1.29 is 4.79 Å². The Labute approximate surface area is 141 Å². The van der Waals surface area contributed by atoms with Crippen LogP contribution in [-0.4, -0.2) is 17.4 Å². The Morgan fingerprint density at radius 1 is 1.43 bits per heavy atom. The molecule has 2 rings (SSSR count). The molecule has 0 atom stereocenters. The van der Waals surface area contributed by atoms with E-state index in [1.54, 1.807) is 29.2 Å². The van der Waals surface area contributed by atoms with Crippen molar-refractivity contribution in [1.29, 1.82) is 0 Å². The highest BCUT2D eigenvalue weighted by Gasteiger charge is 2.18. The number of nitrogens with two attached hydrogens (primary N) is 1. The SMILES string of the molecule is C=CCN(Cc1ccc(Cl)s1)C(=O)c1cc(N)ccc1Br. The fraction of sp³-hybridized carbons (Fsp3) is 0.133. The number of rotatable bonds is 5. The quantitative estimate of drug-likeness (QED) is 0.605. The molecule has 0 aliphatic carbocycles. The number of carbonyl (C=O) groups is 1. The van der Waals surface area contributed by atoms with E-state index in [0.717, 1.165) is 9.35 Å². The molecule has 0 unspecified atom stereocenters. The van der Waals surface area contributed by atoms with E-state index in [-0.39, 0.29) is 5.91 Å². The number of hydrogen-bond acceptors (Lipinski definition) is 3. The number of nitrogens with zero attached hydrogens (tertiary/aromatic N) is 1. The summed E-state index contributed by atoms with van der Waals surface area (Å²) in [6.07, 6.45) is 1.70. The van der Waals surface area contributed by atoms with Gasteiger partial charge in [0.15, 0.2) is 0 Å². The maximum absolute atomic E-state index is 12.7. The summed E-state index contributed by atoms with van der Waals surface area (Å²) in [5.74, 6) is -0.0985. The fourth-order valence-corrected chi connectivity index (χ4v) is 3.40. The Balaban J connectivity index is 2.26. The van der Waals surface area contributed by atoms with Crippen molar-refractivity contribution in [2.24, 2.45) is 0 Å². The summed E-state index contributed by atoms with van der Waals surface area (Å²) in [4.78, 5) is 15.4. The topological polar surface area (TPSA) is 46.3 Å². The van der Waals surface area contributed by atoms with E-state index in [1.807, 2.05) is 12.1 Å². The summed E-state index contributed by atoms with van der Waals surface area (Å²) in [6.45, 7) is 4.65. The minimum absolute atomic E-state index is 0.0985. The molecule has 0 spiro atoms. The monoisotopic (exact) mass is 384 g/mol. The number of nitrogen functional groups attached to an aromatic ring is 1. The molecular weight excluding hydrogens is 372 g/mol. The largest absolute Gasteiger partial charge is 0.399 e. The Hall–Kier alpha value is -1.30. The van der Waals surface area contributed by atoms with Crippen LogP contribution >= 0.6 is 38.9 Å². The number of anilines is 1. The smallest absolute Gasteiger partial charge is 0.255 e. The lowest BCUT2D eigenvalue weighted by atomic mass is 10.1. The van der Waals surface area contributed by atoms with Crippen LogP contribution in [0.25, 0.3) is 0 Å². The second-order valence-corrected chi connectivity index (χ2v) is 7.07. The molecular formula is C15H14BrClN2OS. The second kappa shape index (κ2) is 7.11. The van der Waals surface area contributed by atoms with Gasteiger partial charge in [-0.1, -0.05) is 17.7 Å². The first-order valence-corrected chi connectivity index (χ1v) is 8.19. The number of benzene rings is 1. The highest BCUT2D eigenvalue weighted by Crippen LogP contribution is 2.25. The summed E-state index contributed by atoms with van der Waals surface area (Å²) in [6, 6.07) is 8.94. The number of hydrogen-bond donors (Lipinski definition) is 1. The molecule has 110 valence electrons. The molecule has 0 radical (unpaired) electrons. The van der Waals surface area contributed by atoms with Gasteiger partial charge in [0.2, 0.25) is 0 Å². The molecule has 2 aromatic rings. The van der Waals surface area contributed by atoms with E-state index in [0.29, 0.717) is 28.7 Å². The lowest BCUT2D eigenvalue weighted by molar-refractivity contribution is 0.0763. The minimum Gasteiger partial charge on any atom is -0.399 e. The van der Waals surface area contributed by atoms with Gasteiger partial charge >= 0.3 is 0 Å². The first-order valence-electron chi connectivity index (χ1n) is 6.20. The van der Waals surface area contributed by atoms with Crippen molar-refractivity contribution >= 4 is 50.5 Å². The van der Waals surface area contributed by atoms with Crippen LogP contribution < -0.4 is 5.73 Å². The Morgan fingerprint density at radius 3 is 2.81 bits per heavy atom. The van der Waals surface area contributed by atoms with E-state index in [2.05, 4.69) is 22.5 Å². The van der Waals surface area contributed by atoms with Gasteiger partial charge in [-0.05, 0) is 46.3 Å². The van der Waals surface area contributed by atoms with Crippen LogP contribution in [-0.2, 0) is 6.54 Å². The van der Waals surface area contributed by atoms with Crippen LogP contribution in [0.1, 0.15) is 15.2 Å². The molecule has 2 N–H and O–H groups in total. The fourth-order valence-electron chi connectivity index (χ4n) is 1.88. The summed E-state index contributed by atoms with van der Waals surface area (Å²) in [5.41, 5.74) is 6.86. The van der Waals surface area contributed by atoms with Crippen molar-refractivity contribution in [3.63, 3.8) is 0 Å². The van der Waals surface area contributed by atoms with E-state index >= 15 is 0 Å². The third-order valence-corrected chi connectivity index (χ3v) is 4.74. The maximum Gasteiger partial charge on any atom is 0.255 e. The van der Waals surface area contributed by atoms with Gasteiger partial charge < -0.3 is 10.6 Å². The van der Waals surface area contributed by atoms with E-state index in [1.165, 1.54) is 11.3 Å². The van der Waals surface area contributed by atoms with Crippen molar-refractivity contribution in [2.75, 3.05) is 12.3 Å². The first kappa shape index (κ1) is 16.1. The van der Waals surface area contributed by atoms with Gasteiger partial charge in [-0.2, -0.15) is 0 Å². The maximum atomic E-state index is 12.7. The molecule has 0 bridgehead atoms. The predicted molar refractivity (Wildman–Crippen MR) is 92.8 cm³/mol.